The van der Waals surface area contributed by atoms with E-state index in [4.69, 9.17) is 0 Å². The largest absolute Gasteiger partial charge is 0.342 e. The summed E-state index contributed by atoms with van der Waals surface area (Å²) in [4.78, 5) is 13.9. The molecule has 0 radical (unpaired) electrons. The van der Waals surface area contributed by atoms with Crippen LogP contribution in [-0.4, -0.2) is 29.8 Å². The van der Waals surface area contributed by atoms with Crippen LogP contribution in [0.4, 0.5) is 8.78 Å². The third-order valence-corrected chi connectivity index (χ3v) is 4.75. The monoisotopic (exact) mass is 243 g/mol. The molecule has 0 bridgehead atoms. The van der Waals surface area contributed by atoms with Gasteiger partial charge >= 0.3 is 0 Å². The number of carbonyl (C=O) groups excluding carboxylic acids is 1. The Hall–Kier alpha value is -0.670. The van der Waals surface area contributed by atoms with Crippen LogP contribution >= 0.6 is 0 Å². The average molecular weight is 243 g/mol. The van der Waals surface area contributed by atoms with Crippen molar-refractivity contribution in [2.45, 2.75) is 44.4 Å². The van der Waals surface area contributed by atoms with E-state index < -0.39 is 5.92 Å². The van der Waals surface area contributed by atoms with Crippen LogP contribution in [0, 0.1) is 17.8 Å². The van der Waals surface area contributed by atoms with Crippen molar-refractivity contribution in [3.05, 3.63) is 0 Å². The molecule has 0 aromatic heterocycles. The Morgan fingerprint density at radius 1 is 1.06 bits per heavy atom. The van der Waals surface area contributed by atoms with Gasteiger partial charge in [0.25, 0.3) is 5.92 Å². The van der Waals surface area contributed by atoms with E-state index in [9.17, 15) is 13.6 Å². The minimum atomic E-state index is -2.55. The second-order valence-electron chi connectivity index (χ2n) is 5.82. The lowest BCUT2D eigenvalue weighted by molar-refractivity contribution is -0.139. The molecule has 2 aliphatic carbocycles. The first kappa shape index (κ1) is 11.4. The van der Waals surface area contributed by atoms with Crippen molar-refractivity contribution in [2.24, 2.45) is 17.8 Å². The maximum Gasteiger partial charge on any atom is 0.251 e. The quantitative estimate of drug-likeness (QED) is 0.693. The number of hydrogen-bond donors (Lipinski definition) is 0. The molecule has 0 spiro atoms. The van der Waals surface area contributed by atoms with E-state index in [0.29, 0.717) is 11.8 Å². The summed E-state index contributed by atoms with van der Waals surface area (Å²) in [6.07, 6.45) is 4.52. The summed E-state index contributed by atoms with van der Waals surface area (Å²) in [6, 6.07) is 0. The second-order valence-corrected chi connectivity index (χ2v) is 5.82. The number of amides is 1. The smallest absolute Gasteiger partial charge is 0.251 e. The lowest BCUT2D eigenvalue weighted by atomic mass is 10.0. The third-order valence-electron chi connectivity index (χ3n) is 4.75. The van der Waals surface area contributed by atoms with Gasteiger partial charge in [-0.05, 0) is 24.7 Å². The number of nitrogens with zero attached hydrogens (tertiary/aromatic N) is 1. The van der Waals surface area contributed by atoms with E-state index in [0.717, 1.165) is 0 Å². The number of fused-ring (bicyclic) bond motifs is 1. The minimum absolute atomic E-state index is 0.152. The molecule has 3 aliphatic rings. The zero-order chi connectivity index (χ0) is 12.0. The molecule has 3 fully saturated rings. The fourth-order valence-electron chi connectivity index (χ4n) is 3.62. The molecular formula is C13H19F2NO. The maximum atomic E-state index is 13.0. The van der Waals surface area contributed by atoms with Gasteiger partial charge in [-0.1, -0.05) is 12.8 Å². The van der Waals surface area contributed by atoms with Gasteiger partial charge in [0.05, 0.1) is 0 Å². The van der Waals surface area contributed by atoms with Crippen molar-refractivity contribution in [2.75, 3.05) is 13.1 Å². The summed E-state index contributed by atoms with van der Waals surface area (Å²) < 4.78 is 26.0. The zero-order valence-electron chi connectivity index (χ0n) is 10.0. The highest BCUT2D eigenvalue weighted by Gasteiger charge is 2.56. The first-order chi connectivity index (χ1) is 8.08. The predicted octanol–water partition coefficient (Wildman–Crippen LogP) is 2.68. The molecule has 17 heavy (non-hydrogen) atoms. The number of likely N-dealkylation sites (tertiary alicyclic amines) is 1. The number of carbonyl (C=O) groups is 1. The van der Waals surface area contributed by atoms with Gasteiger partial charge < -0.3 is 4.90 Å². The molecule has 96 valence electrons. The fourth-order valence-corrected chi connectivity index (χ4v) is 3.62. The summed E-state index contributed by atoms with van der Waals surface area (Å²) in [5.41, 5.74) is 0. The minimum Gasteiger partial charge on any atom is -0.342 e. The van der Waals surface area contributed by atoms with Gasteiger partial charge in [-0.25, -0.2) is 8.78 Å². The first-order valence-electron chi connectivity index (χ1n) is 6.75. The van der Waals surface area contributed by atoms with Gasteiger partial charge in [-0.15, -0.1) is 0 Å². The maximum absolute atomic E-state index is 13.0. The first-order valence-corrected chi connectivity index (χ1v) is 6.75. The van der Waals surface area contributed by atoms with E-state index in [1.807, 2.05) is 0 Å². The fraction of sp³-hybridized carbons (Fsp3) is 0.923. The molecule has 0 N–H and O–H groups in total. The van der Waals surface area contributed by atoms with Crippen LogP contribution < -0.4 is 0 Å². The van der Waals surface area contributed by atoms with Crippen LogP contribution in [0.15, 0.2) is 0 Å². The van der Waals surface area contributed by atoms with E-state index >= 15 is 0 Å². The van der Waals surface area contributed by atoms with Gasteiger partial charge in [-0.3, -0.25) is 4.79 Å². The molecule has 1 saturated heterocycles. The van der Waals surface area contributed by atoms with Crippen LogP contribution in [0.1, 0.15) is 38.5 Å². The van der Waals surface area contributed by atoms with Gasteiger partial charge in [0.1, 0.15) is 0 Å². The third kappa shape index (κ3) is 2.06. The van der Waals surface area contributed by atoms with Crippen molar-refractivity contribution in [3.63, 3.8) is 0 Å². The van der Waals surface area contributed by atoms with Crippen molar-refractivity contribution in [1.29, 1.82) is 0 Å². The lowest BCUT2D eigenvalue weighted by Gasteiger charge is -2.32. The highest BCUT2D eigenvalue weighted by molar-refractivity contribution is 5.82. The predicted molar refractivity (Wildman–Crippen MR) is 59.7 cm³/mol. The van der Waals surface area contributed by atoms with E-state index in [2.05, 4.69) is 0 Å². The van der Waals surface area contributed by atoms with Gasteiger partial charge in [0.2, 0.25) is 5.91 Å². The van der Waals surface area contributed by atoms with Crippen molar-refractivity contribution in [3.8, 4) is 0 Å². The molecule has 2 nitrogen and oxygen atoms in total. The van der Waals surface area contributed by atoms with Crippen LogP contribution in [0.5, 0.6) is 0 Å². The lowest BCUT2D eigenvalue weighted by Crippen LogP contribution is -2.43. The van der Waals surface area contributed by atoms with E-state index in [1.165, 1.54) is 25.7 Å². The summed E-state index contributed by atoms with van der Waals surface area (Å²) in [5, 5.41) is 0. The van der Waals surface area contributed by atoms with Crippen molar-refractivity contribution < 1.29 is 13.6 Å². The number of hydrogen-bond acceptors (Lipinski definition) is 1. The second kappa shape index (κ2) is 3.92. The summed E-state index contributed by atoms with van der Waals surface area (Å²) >= 11 is 0. The molecule has 2 unspecified atom stereocenters. The molecule has 2 saturated carbocycles. The number of rotatable bonds is 1. The topological polar surface area (TPSA) is 20.3 Å². The Labute approximate surface area is 100 Å². The molecule has 0 aromatic rings. The molecule has 3 rings (SSSR count). The van der Waals surface area contributed by atoms with Crippen LogP contribution in [-0.2, 0) is 4.79 Å². The van der Waals surface area contributed by atoms with Crippen LogP contribution in [0.2, 0.25) is 0 Å². The summed E-state index contributed by atoms with van der Waals surface area (Å²) in [6.45, 7) is 0.504. The van der Waals surface area contributed by atoms with Gasteiger partial charge in [0, 0.05) is 31.8 Å². The Kier molecular flexibility index (Phi) is 2.64. The zero-order valence-corrected chi connectivity index (χ0v) is 10.0. The molecule has 0 aromatic carbocycles. The summed E-state index contributed by atoms with van der Waals surface area (Å²) in [5.74, 6) is -1.04. The van der Waals surface area contributed by atoms with Crippen LogP contribution in [0.3, 0.4) is 0 Å². The normalized spacial score (nSPS) is 39.6. The Balaban J connectivity index is 1.57. The Bertz CT molecular complexity index is 309. The van der Waals surface area contributed by atoms with Gasteiger partial charge in [0.15, 0.2) is 0 Å². The van der Waals surface area contributed by atoms with Crippen molar-refractivity contribution in [1.82, 2.24) is 4.90 Å². The SMILES string of the molecule is O=C(C1C2CCCCC21)N1CCC(F)(F)CC1. The molecule has 1 aliphatic heterocycles. The number of alkyl halides is 2. The molecule has 1 amide bonds. The Morgan fingerprint density at radius 2 is 1.59 bits per heavy atom. The molecule has 1 heterocycles. The average Bonchev–Trinajstić information content (AvgIpc) is 3.02. The van der Waals surface area contributed by atoms with E-state index in [-0.39, 0.29) is 37.8 Å². The Morgan fingerprint density at radius 3 is 2.12 bits per heavy atom. The summed E-state index contributed by atoms with van der Waals surface area (Å²) in [7, 11) is 0. The van der Waals surface area contributed by atoms with Crippen molar-refractivity contribution >= 4 is 5.91 Å². The standard InChI is InChI=1S/C13H19F2NO/c14-13(15)5-7-16(8-6-13)12(17)11-9-3-1-2-4-10(9)11/h9-11H,1-8H2. The van der Waals surface area contributed by atoms with E-state index in [1.54, 1.807) is 4.90 Å². The molecule has 2 atom stereocenters. The molecule has 4 heteroatoms. The van der Waals surface area contributed by atoms with Crippen LogP contribution in [0.25, 0.3) is 0 Å². The molecular weight excluding hydrogens is 224 g/mol. The number of piperidine rings is 1. The highest BCUT2D eigenvalue weighted by Crippen LogP contribution is 2.56. The highest BCUT2D eigenvalue weighted by atomic mass is 19.3. The van der Waals surface area contributed by atoms with Gasteiger partial charge in [-0.2, -0.15) is 0 Å². The number of halogens is 2.